The van der Waals surface area contributed by atoms with E-state index in [-0.39, 0.29) is 30.7 Å². The van der Waals surface area contributed by atoms with Gasteiger partial charge in [-0.25, -0.2) is 27.8 Å². The van der Waals surface area contributed by atoms with E-state index in [0.29, 0.717) is 17.7 Å². The van der Waals surface area contributed by atoms with Gasteiger partial charge in [-0.2, -0.15) is 17.9 Å². The average molecular weight is 609 g/mol. The monoisotopic (exact) mass is 608 g/mol. The van der Waals surface area contributed by atoms with Crippen molar-refractivity contribution in [2.24, 2.45) is 16.6 Å². The van der Waals surface area contributed by atoms with Crippen molar-refractivity contribution in [3.05, 3.63) is 48.0 Å². The minimum absolute atomic E-state index is 0.126. The molecule has 2 aromatic carbocycles. The normalized spacial score (nSPS) is 12.0. The molecule has 0 fully saturated rings. The molecule has 0 saturated heterocycles. The van der Waals surface area contributed by atoms with Gasteiger partial charge in [0, 0.05) is 12.5 Å². The molecule has 226 valence electrons. The Labute approximate surface area is 232 Å². The van der Waals surface area contributed by atoms with E-state index in [1.807, 2.05) is 4.72 Å². The molecule has 18 heteroatoms. The zero-order valence-electron chi connectivity index (χ0n) is 21.7. The second-order valence-electron chi connectivity index (χ2n) is 7.86. The number of benzene rings is 2. The lowest BCUT2D eigenvalue weighted by atomic mass is 10.1. The van der Waals surface area contributed by atoms with Gasteiger partial charge in [0.2, 0.25) is 16.0 Å². The zero-order chi connectivity index (χ0) is 30.6. The van der Waals surface area contributed by atoms with Gasteiger partial charge in [0.15, 0.2) is 0 Å². The van der Waals surface area contributed by atoms with Crippen LogP contribution in [0.1, 0.15) is 12.0 Å². The first-order valence-electron chi connectivity index (χ1n) is 11.4. The Kier molecular flexibility index (Phi) is 11.8. The molecule has 14 nitrogen and oxygen atoms in total. The lowest BCUT2D eigenvalue weighted by Gasteiger charge is -2.18. The van der Waals surface area contributed by atoms with Crippen molar-refractivity contribution in [3.8, 4) is 17.2 Å². The highest BCUT2D eigenvalue weighted by molar-refractivity contribution is 7.89. The van der Waals surface area contributed by atoms with Crippen LogP contribution in [0, 0.1) is 0 Å². The van der Waals surface area contributed by atoms with Gasteiger partial charge in [-0.05, 0) is 41.4 Å². The summed E-state index contributed by atoms with van der Waals surface area (Å²) in [7, 11) is -2.10. The Morgan fingerprint density at radius 2 is 1.63 bits per heavy atom. The van der Waals surface area contributed by atoms with Gasteiger partial charge in [0.1, 0.15) is 34.8 Å². The number of methoxy groups -OCH3 is 2. The van der Waals surface area contributed by atoms with E-state index in [1.165, 1.54) is 50.6 Å². The quantitative estimate of drug-likeness (QED) is 0.0909. The molecule has 0 heterocycles. The third-order valence-electron chi connectivity index (χ3n) is 4.86. The van der Waals surface area contributed by atoms with Crippen LogP contribution in [-0.2, 0) is 40.6 Å². The van der Waals surface area contributed by atoms with E-state index in [2.05, 4.69) is 14.9 Å². The number of hydrogen-bond acceptors (Lipinski definition) is 11. The molecule has 1 atom stereocenters. The van der Waals surface area contributed by atoms with Gasteiger partial charge in [-0.3, -0.25) is 0 Å². The first-order valence-corrected chi connectivity index (χ1v) is 12.9. The van der Waals surface area contributed by atoms with Crippen molar-refractivity contribution in [3.63, 3.8) is 0 Å². The summed E-state index contributed by atoms with van der Waals surface area (Å²) in [5, 5.41) is 3.35. The van der Waals surface area contributed by atoms with Crippen LogP contribution in [0.25, 0.3) is 0 Å². The third kappa shape index (κ3) is 10.6. The molecule has 0 bridgehead atoms. The molecular formula is C23H27F3N4O10S. The Morgan fingerprint density at radius 3 is 2.22 bits per heavy atom. The van der Waals surface area contributed by atoms with Crippen molar-refractivity contribution >= 4 is 27.9 Å². The highest BCUT2D eigenvalue weighted by Crippen LogP contribution is 2.28. The van der Waals surface area contributed by atoms with Crippen LogP contribution in [0.3, 0.4) is 0 Å². The second kappa shape index (κ2) is 14.8. The maximum atomic E-state index is 13.2. The Hall–Kier alpha value is -4.45. The summed E-state index contributed by atoms with van der Waals surface area (Å²) >= 11 is 0. The van der Waals surface area contributed by atoms with Crippen LogP contribution in [0.15, 0.2) is 52.5 Å². The van der Waals surface area contributed by atoms with Crippen molar-refractivity contribution in [1.29, 1.82) is 0 Å². The SMILES string of the molecule is COc1ccc(OC)c(S(=O)(=O)N[C@@H](Cc2ccc(OCCCON=C(N)N)cc2)C(=O)OOC(=O)C(F)(F)F)c1. The van der Waals surface area contributed by atoms with Gasteiger partial charge >= 0.3 is 18.1 Å². The highest BCUT2D eigenvalue weighted by Gasteiger charge is 2.43. The summed E-state index contributed by atoms with van der Waals surface area (Å²) in [5.41, 5.74) is 10.6. The zero-order valence-corrected chi connectivity index (χ0v) is 22.5. The fourth-order valence-electron chi connectivity index (χ4n) is 2.99. The van der Waals surface area contributed by atoms with Crippen molar-refractivity contribution in [2.45, 2.75) is 30.0 Å². The number of alkyl halides is 3. The van der Waals surface area contributed by atoms with E-state index >= 15 is 0 Å². The molecule has 2 rings (SSSR count). The molecular weight excluding hydrogens is 581 g/mol. The van der Waals surface area contributed by atoms with Crippen LogP contribution in [-0.4, -0.2) is 66.0 Å². The number of carbonyl (C=O) groups is 2. The number of nitrogens with zero attached hydrogens (tertiary/aromatic N) is 1. The van der Waals surface area contributed by atoms with Crippen LogP contribution in [0.5, 0.6) is 17.2 Å². The van der Waals surface area contributed by atoms with Gasteiger partial charge in [-0.15, -0.1) is 0 Å². The molecule has 41 heavy (non-hydrogen) atoms. The standard InChI is InChI=1S/C23H27F3N4O10S/c1-35-16-8-9-18(36-2)19(13-16)41(33,34)30-17(20(31)39-40-21(32)23(24,25)26)12-14-4-6-15(7-5-14)37-10-3-11-38-29-22(27)28/h4-9,13,17,30H,3,10-12H2,1-2H3,(H4,27,28,29)/t17-/m0/s1. The van der Waals surface area contributed by atoms with Crippen molar-refractivity contribution in [1.82, 2.24) is 4.72 Å². The fraction of sp³-hybridized carbons (Fsp3) is 0.348. The number of ether oxygens (including phenoxy) is 3. The fourth-order valence-corrected chi connectivity index (χ4v) is 4.36. The van der Waals surface area contributed by atoms with Crippen LogP contribution in [0.2, 0.25) is 0 Å². The van der Waals surface area contributed by atoms with E-state index in [4.69, 9.17) is 30.5 Å². The molecule has 0 aliphatic carbocycles. The molecule has 2 aromatic rings. The topological polar surface area (TPSA) is 200 Å². The maximum Gasteiger partial charge on any atom is 0.495 e. The first kappa shape index (κ1) is 32.8. The van der Waals surface area contributed by atoms with E-state index < -0.39 is 45.5 Å². The smallest absolute Gasteiger partial charge is 0.495 e. The van der Waals surface area contributed by atoms with E-state index in [1.54, 1.807) is 0 Å². The molecule has 0 aromatic heterocycles. The van der Waals surface area contributed by atoms with Gasteiger partial charge in [0.05, 0.1) is 20.8 Å². The summed E-state index contributed by atoms with van der Waals surface area (Å²) in [6, 6.07) is 7.88. The largest absolute Gasteiger partial charge is 0.497 e. The van der Waals surface area contributed by atoms with Gasteiger partial charge < -0.3 is 30.5 Å². The van der Waals surface area contributed by atoms with Crippen LogP contribution >= 0.6 is 0 Å². The third-order valence-corrected chi connectivity index (χ3v) is 6.35. The number of nitrogens with two attached hydrogens (primary N) is 2. The minimum atomic E-state index is -5.46. The molecule has 0 unspecified atom stereocenters. The molecule has 0 spiro atoms. The maximum absolute atomic E-state index is 13.2. The second-order valence-corrected chi connectivity index (χ2v) is 9.54. The summed E-state index contributed by atoms with van der Waals surface area (Å²) < 4.78 is 81.4. The minimum Gasteiger partial charge on any atom is -0.497 e. The lowest BCUT2D eigenvalue weighted by Crippen LogP contribution is -2.44. The molecule has 0 saturated carbocycles. The molecule has 0 amide bonds. The van der Waals surface area contributed by atoms with Crippen molar-refractivity contribution in [2.75, 3.05) is 27.4 Å². The Bertz CT molecular complexity index is 1320. The molecule has 0 aliphatic rings. The van der Waals surface area contributed by atoms with Crippen LogP contribution in [0.4, 0.5) is 13.2 Å². The molecule has 0 aliphatic heterocycles. The molecule has 5 N–H and O–H groups in total. The van der Waals surface area contributed by atoms with E-state index in [9.17, 15) is 31.2 Å². The lowest BCUT2D eigenvalue weighted by molar-refractivity contribution is -0.286. The average Bonchev–Trinajstić information content (AvgIpc) is 2.92. The van der Waals surface area contributed by atoms with Crippen molar-refractivity contribution < 1.29 is 60.0 Å². The van der Waals surface area contributed by atoms with E-state index in [0.717, 1.165) is 6.07 Å². The summed E-state index contributed by atoms with van der Waals surface area (Å²) in [4.78, 5) is 35.5. The number of nitrogens with one attached hydrogen (secondary N) is 1. The number of rotatable bonds is 14. The number of halogens is 3. The number of hydrogen-bond donors (Lipinski definition) is 3. The Balaban J connectivity index is 2.20. The molecule has 0 radical (unpaired) electrons. The van der Waals surface area contributed by atoms with Crippen LogP contribution < -0.4 is 30.4 Å². The number of carbonyl (C=O) groups excluding carboxylic acids is 2. The predicted molar refractivity (Wildman–Crippen MR) is 134 cm³/mol. The number of guanidine groups is 1. The predicted octanol–water partition coefficient (Wildman–Crippen LogP) is 1.13. The summed E-state index contributed by atoms with van der Waals surface area (Å²) in [6.45, 7) is 0.401. The first-order chi connectivity index (χ1) is 19.3. The highest BCUT2D eigenvalue weighted by atomic mass is 32.2. The Morgan fingerprint density at radius 1 is 0.976 bits per heavy atom. The number of sulfonamides is 1. The summed E-state index contributed by atoms with van der Waals surface area (Å²) in [6.07, 6.45) is -5.46. The van der Waals surface area contributed by atoms with Gasteiger partial charge in [0.25, 0.3) is 0 Å². The summed E-state index contributed by atoms with van der Waals surface area (Å²) in [5.74, 6) is -4.27. The van der Waals surface area contributed by atoms with Gasteiger partial charge in [-0.1, -0.05) is 12.1 Å². The number of oxime groups is 1.